The average Bonchev–Trinajstić information content (AvgIpc) is 3.25. The number of hydrogen-bond acceptors (Lipinski definition) is 6. The SMILES string of the molecule is COC(=O)c1ccc(Cl)cc1-c1ccc(/C=C(\C#N)C(=O)Nc2ccccc2OC)o1. The molecule has 31 heavy (non-hydrogen) atoms. The molecule has 0 saturated heterocycles. The van der Waals surface area contributed by atoms with Crippen molar-refractivity contribution in [2.45, 2.75) is 0 Å². The summed E-state index contributed by atoms with van der Waals surface area (Å²) < 4.78 is 15.7. The van der Waals surface area contributed by atoms with Gasteiger partial charge >= 0.3 is 5.97 Å². The maximum Gasteiger partial charge on any atom is 0.338 e. The lowest BCUT2D eigenvalue weighted by Gasteiger charge is -2.09. The molecule has 0 aliphatic carbocycles. The molecule has 0 radical (unpaired) electrons. The van der Waals surface area contributed by atoms with Crippen LogP contribution in [0.2, 0.25) is 5.02 Å². The van der Waals surface area contributed by atoms with E-state index in [1.165, 1.54) is 26.4 Å². The molecule has 1 amide bonds. The van der Waals surface area contributed by atoms with Gasteiger partial charge in [-0.15, -0.1) is 0 Å². The van der Waals surface area contributed by atoms with Gasteiger partial charge in [0.1, 0.15) is 28.9 Å². The Morgan fingerprint density at radius 2 is 1.90 bits per heavy atom. The third kappa shape index (κ3) is 4.94. The van der Waals surface area contributed by atoms with Crippen molar-refractivity contribution in [2.75, 3.05) is 19.5 Å². The number of benzene rings is 2. The van der Waals surface area contributed by atoms with E-state index in [0.717, 1.165) is 0 Å². The van der Waals surface area contributed by atoms with Gasteiger partial charge in [0.05, 0.1) is 25.5 Å². The number of methoxy groups -OCH3 is 2. The Morgan fingerprint density at radius 1 is 1.13 bits per heavy atom. The molecule has 0 spiro atoms. The van der Waals surface area contributed by atoms with Gasteiger partial charge in [0.2, 0.25) is 0 Å². The van der Waals surface area contributed by atoms with Crippen molar-refractivity contribution >= 4 is 35.2 Å². The second-order valence-electron chi connectivity index (χ2n) is 6.21. The predicted octanol–water partition coefficient (Wildman–Crippen LogP) is 4.94. The van der Waals surface area contributed by atoms with Crippen LogP contribution in [0.5, 0.6) is 5.75 Å². The lowest BCUT2D eigenvalue weighted by atomic mass is 10.1. The second-order valence-corrected chi connectivity index (χ2v) is 6.64. The number of nitrogens with zero attached hydrogens (tertiary/aromatic N) is 1. The number of amides is 1. The normalized spacial score (nSPS) is 10.8. The van der Waals surface area contributed by atoms with Crippen LogP contribution in [0.4, 0.5) is 5.69 Å². The molecule has 156 valence electrons. The summed E-state index contributed by atoms with van der Waals surface area (Å²) in [5.41, 5.74) is 0.950. The summed E-state index contributed by atoms with van der Waals surface area (Å²) in [5, 5.41) is 12.5. The highest BCUT2D eigenvalue weighted by Crippen LogP contribution is 2.30. The molecule has 0 unspecified atom stereocenters. The largest absolute Gasteiger partial charge is 0.495 e. The van der Waals surface area contributed by atoms with Gasteiger partial charge in [-0.05, 0) is 42.5 Å². The molecule has 1 heterocycles. The quantitative estimate of drug-likeness (QED) is 0.333. The van der Waals surface area contributed by atoms with Crippen molar-refractivity contribution in [1.29, 1.82) is 5.26 Å². The van der Waals surface area contributed by atoms with Crippen molar-refractivity contribution in [3.63, 3.8) is 0 Å². The van der Waals surface area contributed by atoms with E-state index in [9.17, 15) is 14.9 Å². The van der Waals surface area contributed by atoms with Crippen LogP contribution < -0.4 is 10.1 Å². The zero-order valence-corrected chi connectivity index (χ0v) is 17.4. The Hall–Kier alpha value is -4.02. The summed E-state index contributed by atoms with van der Waals surface area (Å²) in [6.07, 6.45) is 1.30. The Kier molecular flexibility index (Phi) is 6.75. The number of halogens is 1. The number of carbonyl (C=O) groups is 2. The van der Waals surface area contributed by atoms with Crippen LogP contribution >= 0.6 is 11.6 Å². The molecule has 0 saturated carbocycles. The van der Waals surface area contributed by atoms with Crippen molar-refractivity contribution < 1.29 is 23.5 Å². The van der Waals surface area contributed by atoms with Crippen LogP contribution in [-0.2, 0) is 9.53 Å². The van der Waals surface area contributed by atoms with Gasteiger partial charge in [0.15, 0.2) is 0 Å². The molecule has 7 nitrogen and oxygen atoms in total. The molecule has 0 atom stereocenters. The molecular formula is C23H17ClN2O5. The molecule has 0 fully saturated rings. The van der Waals surface area contributed by atoms with Gasteiger partial charge in [-0.1, -0.05) is 23.7 Å². The van der Waals surface area contributed by atoms with Crippen LogP contribution in [-0.4, -0.2) is 26.1 Å². The van der Waals surface area contributed by atoms with E-state index in [1.54, 1.807) is 48.5 Å². The minimum absolute atomic E-state index is 0.175. The molecule has 2 aromatic carbocycles. The first-order chi connectivity index (χ1) is 15.0. The van der Waals surface area contributed by atoms with Gasteiger partial charge in [-0.2, -0.15) is 5.26 Å². The van der Waals surface area contributed by atoms with E-state index in [0.29, 0.717) is 27.8 Å². The lowest BCUT2D eigenvalue weighted by Crippen LogP contribution is -2.14. The number of anilines is 1. The fraction of sp³-hybridized carbons (Fsp3) is 0.0870. The minimum Gasteiger partial charge on any atom is -0.495 e. The maximum atomic E-state index is 12.5. The smallest absolute Gasteiger partial charge is 0.338 e. The third-order valence-electron chi connectivity index (χ3n) is 4.29. The van der Waals surface area contributed by atoms with Crippen LogP contribution in [0.3, 0.4) is 0 Å². The number of para-hydroxylation sites is 2. The fourth-order valence-electron chi connectivity index (χ4n) is 2.81. The van der Waals surface area contributed by atoms with Crippen molar-refractivity contribution in [3.8, 4) is 23.1 Å². The molecule has 1 N–H and O–H groups in total. The topological polar surface area (TPSA) is 102 Å². The van der Waals surface area contributed by atoms with E-state index < -0.39 is 11.9 Å². The number of hydrogen-bond donors (Lipinski definition) is 1. The van der Waals surface area contributed by atoms with E-state index in [4.69, 9.17) is 25.5 Å². The number of nitriles is 1. The van der Waals surface area contributed by atoms with Gasteiger partial charge in [0.25, 0.3) is 5.91 Å². The van der Waals surface area contributed by atoms with E-state index in [2.05, 4.69) is 5.32 Å². The Morgan fingerprint density at radius 3 is 2.61 bits per heavy atom. The summed E-state index contributed by atoms with van der Waals surface area (Å²) in [6, 6.07) is 16.5. The van der Waals surface area contributed by atoms with Crippen molar-refractivity contribution in [1.82, 2.24) is 0 Å². The number of esters is 1. The van der Waals surface area contributed by atoms with Gasteiger partial charge in [-0.25, -0.2) is 4.79 Å². The summed E-state index contributed by atoms with van der Waals surface area (Å²) in [6.45, 7) is 0. The van der Waals surface area contributed by atoms with Crippen LogP contribution in [0, 0.1) is 11.3 Å². The second kappa shape index (κ2) is 9.65. The van der Waals surface area contributed by atoms with E-state index >= 15 is 0 Å². The first-order valence-corrected chi connectivity index (χ1v) is 9.39. The summed E-state index contributed by atoms with van der Waals surface area (Å²) in [4.78, 5) is 24.6. The van der Waals surface area contributed by atoms with E-state index in [-0.39, 0.29) is 16.9 Å². The number of rotatable bonds is 6. The van der Waals surface area contributed by atoms with Gasteiger partial charge < -0.3 is 19.2 Å². The van der Waals surface area contributed by atoms with E-state index in [1.807, 2.05) is 6.07 Å². The molecule has 8 heteroatoms. The van der Waals surface area contributed by atoms with Crippen LogP contribution in [0.25, 0.3) is 17.4 Å². The summed E-state index contributed by atoms with van der Waals surface area (Å²) in [7, 11) is 2.76. The highest BCUT2D eigenvalue weighted by atomic mass is 35.5. The predicted molar refractivity (Wildman–Crippen MR) is 116 cm³/mol. The lowest BCUT2D eigenvalue weighted by molar-refractivity contribution is -0.112. The average molecular weight is 437 g/mol. The standard InChI is InChI=1S/C23H17ClN2O5/c1-29-21-6-4-3-5-19(21)26-22(27)14(13-25)11-16-8-10-20(31-16)18-12-15(24)7-9-17(18)23(28)30-2/h3-12H,1-2H3,(H,26,27)/b14-11+. The van der Waals surface area contributed by atoms with Crippen molar-refractivity contribution in [2.24, 2.45) is 0 Å². The first kappa shape index (κ1) is 21.7. The third-order valence-corrected chi connectivity index (χ3v) is 4.52. The highest BCUT2D eigenvalue weighted by Gasteiger charge is 2.17. The number of furan rings is 1. The molecule has 3 rings (SSSR count). The Balaban J connectivity index is 1.90. The number of carbonyl (C=O) groups excluding carboxylic acids is 2. The fourth-order valence-corrected chi connectivity index (χ4v) is 2.98. The molecule has 0 aliphatic rings. The minimum atomic E-state index is -0.622. The molecule has 0 aliphatic heterocycles. The molecule has 0 bridgehead atoms. The zero-order valence-electron chi connectivity index (χ0n) is 16.6. The zero-order chi connectivity index (χ0) is 22.4. The Labute approximate surface area is 183 Å². The molecule has 3 aromatic rings. The number of ether oxygens (including phenoxy) is 2. The maximum absolute atomic E-state index is 12.5. The summed E-state index contributed by atoms with van der Waals surface area (Å²) >= 11 is 6.06. The summed E-state index contributed by atoms with van der Waals surface area (Å²) in [5.74, 6) is -0.129. The Bertz CT molecular complexity index is 1210. The van der Waals surface area contributed by atoms with Gasteiger partial charge in [0, 0.05) is 16.7 Å². The molecule has 1 aromatic heterocycles. The highest BCUT2D eigenvalue weighted by molar-refractivity contribution is 6.31. The number of nitrogens with one attached hydrogen (secondary N) is 1. The molecular weight excluding hydrogens is 420 g/mol. The van der Waals surface area contributed by atoms with Crippen molar-refractivity contribution in [3.05, 3.63) is 76.5 Å². The van der Waals surface area contributed by atoms with Crippen LogP contribution in [0.15, 0.2) is 64.6 Å². The first-order valence-electron chi connectivity index (χ1n) is 9.01. The van der Waals surface area contributed by atoms with Crippen LogP contribution in [0.1, 0.15) is 16.1 Å². The monoisotopic (exact) mass is 436 g/mol. The van der Waals surface area contributed by atoms with Gasteiger partial charge in [-0.3, -0.25) is 4.79 Å².